The number of aliphatic hydroxyl groups excluding tert-OH is 1. The van der Waals surface area contributed by atoms with Crippen LogP contribution in [-0.4, -0.2) is 25.3 Å². The molecule has 0 aliphatic carbocycles. The Balaban J connectivity index is 2.92. The summed E-state index contributed by atoms with van der Waals surface area (Å²) in [6.45, 7) is 0. The molecule has 0 aliphatic rings. The van der Waals surface area contributed by atoms with Crippen LogP contribution >= 0.6 is 15.9 Å². The smallest absolute Gasteiger partial charge is 0.308 e. The zero-order valence-electron chi connectivity index (χ0n) is 9.07. The van der Waals surface area contributed by atoms with Crippen molar-refractivity contribution in [1.82, 2.24) is 0 Å². The number of esters is 1. The summed E-state index contributed by atoms with van der Waals surface area (Å²) in [4.78, 5) is 11.0. The van der Waals surface area contributed by atoms with Crippen molar-refractivity contribution in [2.75, 3.05) is 14.2 Å². The molecule has 1 rings (SSSR count). The fourth-order valence-electron chi connectivity index (χ4n) is 1.32. The molecule has 0 heterocycles. The summed E-state index contributed by atoms with van der Waals surface area (Å²) in [5.74, 6) is 0.0779. The molecule has 0 aromatic heterocycles. The van der Waals surface area contributed by atoms with Crippen LogP contribution < -0.4 is 4.74 Å². The number of rotatable bonds is 4. The quantitative estimate of drug-likeness (QED) is 0.862. The molecule has 0 saturated carbocycles. The van der Waals surface area contributed by atoms with Gasteiger partial charge < -0.3 is 14.6 Å². The maximum Gasteiger partial charge on any atom is 0.308 e. The Hall–Kier alpha value is -1.07. The van der Waals surface area contributed by atoms with Crippen molar-refractivity contribution in [3.63, 3.8) is 0 Å². The van der Waals surface area contributed by atoms with Gasteiger partial charge in [0.25, 0.3) is 0 Å². The topological polar surface area (TPSA) is 55.8 Å². The van der Waals surface area contributed by atoms with Crippen LogP contribution in [0.3, 0.4) is 0 Å². The summed E-state index contributed by atoms with van der Waals surface area (Å²) in [7, 11) is 2.80. The molecule has 0 aliphatic heterocycles. The molecule has 5 heteroatoms. The predicted octanol–water partition coefficient (Wildman–Crippen LogP) is 2.05. The van der Waals surface area contributed by atoms with Crippen molar-refractivity contribution in [3.8, 4) is 5.75 Å². The normalized spacial score (nSPS) is 12.0. The fourth-order valence-corrected chi connectivity index (χ4v) is 1.70. The second-order valence-corrected chi connectivity index (χ2v) is 4.10. The van der Waals surface area contributed by atoms with Crippen molar-refractivity contribution in [2.45, 2.75) is 12.5 Å². The third kappa shape index (κ3) is 3.21. The van der Waals surface area contributed by atoms with E-state index in [1.807, 2.05) is 0 Å². The molecule has 1 unspecified atom stereocenters. The van der Waals surface area contributed by atoms with Gasteiger partial charge in [-0.05, 0) is 18.2 Å². The molecule has 1 atom stereocenters. The molecule has 4 nitrogen and oxygen atoms in total. The number of ether oxygens (including phenoxy) is 2. The van der Waals surface area contributed by atoms with Gasteiger partial charge in [0.15, 0.2) is 0 Å². The number of benzene rings is 1. The SMILES string of the molecule is COC(=O)CC(O)c1cc(Br)ccc1OC. The van der Waals surface area contributed by atoms with E-state index in [-0.39, 0.29) is 6.42 Å². The van der Waals surface area contributed by atoms with Crippen LogP contribution in [0.5, 0.6) is 5.75 Å². The van der Waals surface area contributed by atoms with Crippen molar-refractivity contribution < 1.29 is 19.4 Å². The Kier molecular flexibility index (Phi) is 4.76. The number of methoxy groups -OCH3 is 2. The van der Waals surface area contributed by atoms with Gasteiger partial charge in [-0.25, -0.2) is 0 Å². The number of hydrogen-bond acceptors (Lipinski definition) is 4. The average molecular weight is 289 g/mol. The highest BCUT2D eigenvalue weighted by molar-refractivity contribution is 9.10. The minimum Gasteiger partial charge on any atom is -0.496 e. The van der Waals surface area contributed by atoms with Gasteiger partial charge in [0.2, 0.25) is 0 Å². The Morgan fingerprint density at radius 2 is 2.19 bits per heavy atom. The van der Waals surface area contributed by atoms with Crippen LogP contribution in [0.15, 0.2) is 22.7 Å². The van der Waals surface area contributed by atoms with Gasteiger partial charge in [-0.2, -0.15) is 0 Å². The number of carbonyl (C=O) groups excluding carboxylic acids is 1. The van der Waals surface area contributed by atoms with Crippen LogP contribution in [0, 0.1) is 0 Å². The second-order valence-electron chi connectivity index (χ2n) is 3.18. The summed E-state index contributed by atoms with van der Waals surface area (Å²) < 4.78 is 10.4. The molecule has 0 amide bonds. The Labute approximate surface area is 102 Å². The zero-order chi connectivity index (χ0) is 12.1. The molecule has 1 aromatic carbocycles. The molecule has 16 heavy (non-hydrogen) atoms. The van der Waals surface area contributed by atoms with Crippen LogP contribution in [0.25, 0.3) is 0 Å². The number of halogens is 1. The standard InChI is InChI=1S/C11H13BrO4/c1-15-10-4-3-7(12)5-8(10)9(13)6-11(14)16-2/h3-5,9,13H,6H2,1-2H3. The number of carbonyl (C=O) groups is 1. The maximum absolute atomic E-state index is 11.0. The van der Waals surface area contributed by atoms with E-state index in [1.165, 1.54) is 14.2 Å². The lowest BCUT2D eigenvalue weighted by Crippen LogP contribution is -2.09. The summed E-state index contributed by atoms with van der Waals surface area (Å²) in [5, 5.41) is 9.86. The minimum atomic E-state index is -0.931. The van der Waals surface area contributed by atoms with E-state index in [0.29, 0.717) is 11.3 Å². The molecular weight excluding hydrogens is 276 g/mol. The van der Waals surface area contributed by atoms with E-state index in [4.69, 9.17) is 4.74 Å². The molecule has 1 aromatic rings. The molecule has 0 bridgehead atoms. The summed E-state index contributed by atoms with van der Waals surface area (Å²) >= 11 is 3.29. The third-order valence-corrected chi connectivity index (χ3v) is 2.63. The Morgan fingerprint density at radius 3 is 2.75 bits per heavy atom. The lowest BCUT2D eigenvalue weighted by Gasteiger charge is -2.14. The first-order valence-electron chi connectivity index (χ1n) is 4.66. The number of aliphatic hydroxyl groups is 1. The Bertz CT molecular complexity index is 378. The molecular formula is C11H13BrO4. The highest BCUT2D eigenvalue weighted by atomic mass is 79.9. The van der Waals surface area contributed by atoms with Gasteiger partial charge in [-0.15, -0.1) is 0 Å². The van der Waals surface area contributed by atoms with E-state index >= 15 is 0 Å². The molecule has 0 fully saturated rings. The van der Waals surface area contributed by atoms with Crippen molar-refractivity contribution in [2.24, 2.45) is 0 Å². The summed E-state index contributed by atoms with van der Waals surface area (Å²) in [5.41, 5.74) is 0.558. The number of hydrogen-bond donors (Lipinski definition) is 1. The lowest BCUT2D eigenvalue weighted by molar-refractivity contribution is -0.142. The van der Waals surface area contributed by atoms with Crippen LogP contribution in [0.1, 0.15) is 18.1 Å². The Morgan fingerprint density at radius 1 is 1.50 bits per heavy atom. The fraction of sp³-hybridized carbons (Fsp3) is 0.364. The van der Waals surface area contributed by atoms with E-state index in [2.05, 4.69) is 20.7 Å². The lowest BCUT2D eigenvalue weighted by atomic mass is 10.1. The van der Waals surface area contributed by atoms with Gasteiger partial charge in [-0.3, -0.25) is 4.79 Å². The molecule has 1 N–H and O–H groups in total. The highest BCUT2D eigenvalue weighted by Gasteiger charge is 2.17. The van der Waals surface area contributed by atoms with Gasteiger partial charge in [0.1, 0.15) is 5.75 Å². The first-order chi connectivity index (χ1) is 7.58. The monoisotopic (exact) mass is 288 g/mol. The minimum absolute atomic E-state index is 0.0939. The van der Waals surface area contributed by atoms with E-state index in [1.54, 1.807) is 18.2 Å². The maximum atomic E-state index is 11.0. The van der Waals surface area contributed by atoms with Gasteiger partial charge in [0.05, 0.1) is 26.7 Å². The van der Waals surface area contributed by atoms with Gasteiger partial charge in [0, 0.05) is 10.0 Å². The largest absolute Gasteiger partial charge is 0.496 e. The summed E-state index contributed by atoms with van der Waals surface area (Å²) in [6, 6.07) is 5.24. The van der Waals surface area contributed by atoms with Crippen LogP contribution in [0.2, 0.25) is 0 Å². The van der Waals surface area contributed by atoms with Crippen LogP contribution in [0.4, 0.5) is 0 Å². The van der Waals surface area contributed by atoms with Crippen LogP contribution in [-0.2, 0) is 9.53 Å². The van der Waals surface area contributed by atoms with Crippen molar-refractivity contribution >= 4 is 21.9 Å². The first-order valence-corrected chi connectivity index (χ1v) is 5.46. The molecule has 88 valence electrons. The molecule has 0 radical (unpaired) electrons. The zero-order valence-corrected chi connectivity index (χ0v) is 10.7. The van der Waals surface area contributed by atoms with Gasteiger partial charge >= 0.3 is 5.97 Å². The van der Waals surface area contributed by atoms with Crippen molar-refractivity contribution in [1.29, 1.82) is 0 Å². The van der Waals surface area contributed by atoms with Crippen molar-refractivity contribution in [3.05, 3.63) is 28.2 Å². The molecule has 0 saturated heterocycles. The predicted molar refractivity (Wildman–Crippen MR) is 62.3 cm³/mol. The van der Waals surface area contributed by atoms with Gasteiger partial charge in [-0.1, -0.05) is 15.9 Å². The van der Waals surface area contributed by atoms with E-state index in [9.17, 15) is 9.90 Å². The van der Waals surface area contributed by atoms with E-state index < -0.39 is 12.1 Å². The average Bonchev–Trinajstić information content (AvgIpc) is 2.28. The summed E-state index contributed by atoms with van der Waals surface area (Å²) in [6.07, 6.45) is -1.02. The third-order valence-electron chi connectivity index (χ3n) is 2.14. The van der Waals surface area contributed by atoms with E-state index in [0.717, 1.165) is 4.47 Å². The highest BCUT2D eigenvalue weighted by Crippen LogP contribution is 2.30. The molecule has 0 spiro atoms. The first kappa shape index (κ1) is 13.0. The second kappa shape index (κ2) is 5.86.